The fourth-order valence-electron chi connectivity index (χ4n) is 2.19. The maximum absolute atomic E-state index is 12.2. The summed E-state index contributed by atoms with van der Waals surface area (Å²) in [4.78, 5) is 11.0. The predicted molar refractivity (Wildman–Crippen MR) is 76.7 cm³/mol. The van der Waals surface area contributed by atoms with E-state index >= 15 is 0 Å². The Bertz CT molecular complexity index is 582. The third-order valence-electron chi connectivity index (χ3n) is 3.48. The largest absolute Gasteiger partial charge is 0.481 e. The molecule has 1 fully saturated rings. The average Bonchev–Trinajstić information content (AvgIpc) is 2.82. The summed E-state index contributed by atoms with van der Waals surface area (Å²) in [7, 11) is -3.62. The van der Waals surface area contributed by atoms with Gasteiger partial charge < -0.3 is 5.11 Å². The van der Waals surface area contributed by atoms with Gasteiger partial charge in [0, 0.05) is 19.6 Å². The Morgan fingerprint density at radius 2 is 2.30 bits per heavy atom. The van der Waals surface area contributed by atoms with Gasteiger partial charge in [0.25, 0.3) is 10.2 Å². The number of aliphatic carboxylic acids is 1. The number of carboxylic acid groups (broad SMARTS) is 1. The quantitative estimate of drug-likeness (QED) is 0.854. The lowest BCUT2D eigenvalue weighted by atomic mass is 10.0. The van der Waals surface area contributed by atoms with Crippen molar-refractivity contribution in [3.63, 3.8) is 0 Å². The predicted octanol–water partition coefficient (Wildman–Crippen LogP) is 1.19. The number of carboxylic acids is 1. The topological polar surface area (TPSA) is 86.7 Å². The maximum atomic E-state index is 12.2. The number of hydrogen-bond donors (Lipinski definition) is 2. The van der Waals surface area contributed by atoms with E-state index in [1.54, 1.807) is 0 Å². The van der Waals surface area contributed by atoms with Gasteiger partial charge >= 0.3 is 5.97 Å². The Labute approximate surface area is 122 Å². The summed E-state index contributed by atoms with van der Waals surface area (Å²) < 4.78 is 28.1. The van der Waals surface area contributed by atoms with E-state index < -0.39 is 22.1 Å². The molecule has 0 bridgehead atoms. The number of nitrogens with zero attached hydrogens (tertiary/aromatic N) is 1. The molecule has 0 aromatic carbocycles. The third kappa shape index (κ3) is 3.57. The summed E-state index contributed by atoms with van der Waals surface area (Å²) in [6.45, 7) is 2.60. The number of nitrogens with one attached hydrogen (secondary N) is 1. The second-order valence-corrected chi connectivity index (χ2v) is 7.44. The van der Waals surface area contributed by atoms with Gasteiger partial charge in [-0.1, -0.05) is 0 Å². The van der Waals surface area contributed by atoms with E-state index in [9.17, 15) is 13.2 Å². The van der Waals surface area contributed by atoms with E-state index in [-0.39, 0.29) is 13.1 Å². The van der Waals surface area contributed by atoms with E-state index in [2.05, 4.69) is 4.72 Å². The van der Waals surface area contributed by atoms with Gasteiger partial charge in [-0.25, -0.2) is 0 Å². The van der Waals surface area contributed by atoms with E-state index in [0.717, 1.165) is 11.1 Å². The number of piperidine rings is 1. The first-order chi connectivity index (χ1) is 9.40. The highest BCUT2D eigenvalue weighted by Gasteiger charge is 2.32. The zero-order chi connectivity index (χ0) is 14.8. The molecule has 2 N–H and O–H groups in total. The van der Waals surface area contributed by atoms with Crippen molar-refractivity contribution < 1.29 is 18.3 Å². The SMILES string of the molecule is Cc1cscc1CNS(=O)(=O)N1CCCC(C(=O)O)C1. The van der Waals surface area contributed by atoms with Crippen LogP contribution < -0.4 is 4.72 Å². The van der Waals surface area contributed by atoms with Gasteiger partial charge in [-0.05, 0) is 41.7 Å². The van der Waals surface area contributed by atoms with E-state index in [1.165, 1.54) is 15.6 Å². The highest BCUT2D eigenvalue weighted by atomic mass is 32.2. The van der Waals surface area contributed by atoms with Crippen molar-refractivity contribution in [2.24, 2.45) is 5.92 Å². The summed E-state index contributed by atoms with van der Waals surface area (Å²) in [5.74, 6) is -1.54. The number of carbonyl (C=O) groups is 1. The third-order valence-corrected chi connectivity index (χ3v) is 5.91. The minimum Gasteiger partial charge on any atom is -0.481 e. The fraction of sp³-hybridized carbons (Fsp3) is 0.583. The molecule has 112 valence electrons. The first kappa shape index (κ1) is 15.4. The van der Waals surface area contributed by atoms with Crippen molar-refractivity contribution in [3.8, 4) is 0 Å². The van der Waals surface area contributed by atoms with Crippen LogP contribution in [0.1, 0.15) is 24.0 Å². The van der Waals surface area contributed by atoms with Gasteiger partial charge in [-0.15, -0.1) is 0 Å². The van der Waals surface area contributed by atoms with Gasteiger partial charge in [0.15, 0.2) is 0 Å². The lowest BCUT2D eigenvalue weighted by molar-refractivity contribution is -0.142. The minimum absolute atomic E-state index is 0.0489. The molecule has 1 aliphatic heterocycles. The summed E-state index contributed by atoms with van der Waals surface area (Å²) in [5.41, 5.74) is 2.00. The second-order valence-electron chi connectivity index (χ2n) is 4.94. The standard InChI is InChI=1S/C12H18N2O4S2/c1-9-7-19-8-11(9)5-13-20(17,18)14-4-2-3-10(6-14)12(15)16/h7-8,10,13H,2-6H2,1H3,(H,15,16). The van der Waals surface area contributed by atoms with Crippen LogP contribution in [-0.4, -0.2) is 36.9 Å². The molecule has 1 aliphatic rings. The molecule has 0 saturated carbocycles. The monoisotopic (exact) mass is 318 g/mol. The smallest absolute Gasteiger partial charge is 0.307 e. The molecule has 0 radical (unpaired) electrons. The highest BCUT2D eigenvalue weighted by molar-refractivity contribution is 7.87. The van der Waals surface area contributed by atoms with Crippen molar-refractivity contribution in [2.45, 2.75) is 26.3 Å². The molecule has 6 nitrogen and oxygen atoms in total. The van der Waals surface area contributed by atoms with Gasteiger partial charge in [0.1, 0.15) is 0 Å². The van der Waals surface area contributed by atoms with Crippen molar-refractivity contribution >= 4 is 27.5 Å². The van der Waals surface area contributed by atoms with Crippen molar-refractivity contribution in [1.29, 1.82) is 0 Å². The molecule has 8 heteroatoms. The van der Waals surface area contributed by atoms with Crippen LogP contribution in [-0.2, 0) is 21.5 Å². The Kier molecular flexibility index (Phi) is 4.79. The van der Waals surface area contributed by atoms with Crippen LogP contribution in [0.5, 0.6) is 0 Å². The Balaban J connectivity index is 1.99. The van der Waals surface area contributed by atoms with Gasteiger partial charge in [0.2, 0.25) is 0 Å². The number of thiophene rings is 1. The molecule has 1 unspecified atom stereocenters. The van der Waals surface area contributed by atoms with E-state index in [4.69, 9.17) is 5.11 Å². The fourth-order valence-corrected chi connectivity index (χ4v) is 4.31. The van der Waals surface area contributed by atoms with Gasteiger partial charge in [-0.3, -0.25) is 4.79 Å². The molecule has 0 spiro atoms. The summed E-state index contributed by atoms with van der Waals surface area (Å²) in [6.07, 6.45) is 1.11. The Morgan fingerprint density at radius 1 is 1.55 bits per heavy atom. The summed E-state index contributed by atoms with van der Waals surface area (Å²) in [6, 6.07) is 0. The minimum atomic E-state index is -3.62. The Hall–Kier alpha value is -0.960. The molecule has 1 saturated heterocycles. The Morgan fingerprint density at radius 3 is 2.90 bits per heavy atom. The molecular formula is C12H18N2O4S2. The molecule has 0 amide bonds. The van der Waals surface area contributed by atoms with E-state index in [1.807, 2.05) is 17.7 Å². The van der Waals surface area contributed by atoms with Crippen molar-refractivity contribution in [1.82, 2.24) is 9.03 Å². The molecule has 1 aromatic heterocycles. The molecule has 1 atom stereocenters. The second kappa shape index (κ2) is 6.21. The van der Waals surface area contributed by atoms with Crippen LogP contribution in [0.4, 0.5) is 0 Å². The number of rotatable bonds is 5. The summed E-state index contributed by atoms with van der Waals surface area (Å²) in [5, 5.41) is 12.9. The molecule has 2 rings (SSSR count). The zero-order valence-electron chi connectivity index (χ0n) is 11.2. The van der Waals surface area contributed by atoms with Gasteiger partial charge in [-0.2, -0.15) is 28.8 Å². The number of aryl methyl sites for hydroxylation is 1. The van der Waals surface area contributed by atoms with E-state index in [0.29, 0.717) is 19.4 Å². The molecule has 0 aliphatic carbocycles. The first-order valence-electron chi connectivity index (χ1n) is 6.39. The van der Waals surface area contributed by atoms with Crippen LogP contribution in [0.3, 0.4) is 0 Å². The lowest BCUT2D eigenvalue weighted by Gasteiger charge is -2.29. The zero-order valence-corrected chi connectivity index (χ0v) is 12.8. The summed E-state index contributed by atoms with van der Waals surface area (Å²) >= 11 is 1.53. The van der Waals surface area contributed by atoms with Crippen LogP contribution in [0.25, 0.3) is 0 Å². The maximum Gasteiger partial charge on any atom is 0.307 e. The van der Waals surface area contributed by atoms with Crippen LogP contribution in [0, 0.1) is 12.8 Å². The molecule has 20 heavy (non-hydrogen) atoms. The highest BCUT2D eigenvalue weighted by Crippen LogP contribution is 2.19. The normalized spacial score (nSPS) is 20.9. The molecule has 1 aromatic rings. The average molecular weight is 318 g/mol. The van der Waals surface area contributed by atoms with Crippen molar-refractivity contribution in [3.05, 3.63) is 21.9 Å². The van der Waals surface area contributed by atoms with Crippen LogP contribution in [0.2, 0.25) is 0 Å². The lowest BCUT2D eigenvalue weighted by Crippen LogP contribution is -2.47. The first-order valence-corrected chi connectivity index (χ1v) is 8.77. The van der Waals surface area contributed by atoms with Crippen LogP contribution in [0.15, 0.2) is 10.8 Å². The number of hydrogen-bond acceptors (Lipinski definition) is 4. The van der Waals surface area contributed by atoms with Crippen LogP contribution >= 0.6 is 11.3 Å². The van der Waals surface area contributed by atoms with Crippen molar-refractivity contribution in [2.75, 3.05) is 13.1 Å². The molecule has 2 heterocycles. The molecular weight excluding hydrogens is 300 g/mol. The van der Waals surface area contributed by atoms with Gasteiger partial charge in [0.05, 0.1) is 5.92 Å².